The smallest absolute Gasteiger partial charge is 0.125 e. The Hall–Kier alpha value is -1.06. The minimum Gasteiger partial charge on any atom is -0.493 e. The van der Waals surface area contributed by atoms with E-state index in [1.165, 1.54) is 5.56 Å². The van der Waals surface area contributed by atoms with Crippen LogP contribution >= 0.6 is 0 Å². The van der Waals surface area contributed by atoms with Crippen molar-refractivity contribution in [3.63, 3.8) is 0 Å². The normalized spacial score (nSPS) is 23.0. The molecule has 0 aromatic heterocycles. The lowest BCUT2D eigenvalue weighted by molar-refractivity contribution is 0.0861. The van der Waals surface area contributed by atoms with Crippen LogP contribution in [0.15, 0.2) is 24.3 Å². The van der Waals surface area contributed by atoms with Gasteiger partial charge in [-0.2, -0.15) is 0 Å². The Balaban J connectivity index is 2.10. The molecule has 2 rings (SSSR count). The lowest BCUT2D eigenvalue weighted by Gasteiger charge is -2.26. The average Bonchev–Trinajstić information content (AvgIpc) is 2.85. The predicted molar refractivity (Wildman–Crippen MR) is 82.2 cm³/mol. The largest absolute Gasteiger partial charge is 0.493 e. The number of nitrogens with one attached hydrogen (secondary N) is 1. The third-order valence-electron chi connectivity index (χ3n) is 3.63. The van der Waals surface area contributed by atoms with E-state index in [4.69, 9.17) is 9.47 Å². The Morgan fingerprint density at radius 2 is 2.05 bits per heavy atom. The van der Waals surface area contributed by atoms with Crippen LogP contribution in [0.25, 0.3) is 0 Å². The van der Waals surface area contributed by atoms with Crippen LogP contribution in [0, 0.1) is 5.92 Å². The van der Waals surface area contributed by atoms with Crippen LogP contribution in [0.4, 0.5) is 0 Å². The van der Waals surface area contributed by atoms with E-state index in [9.17, 15) is 0 Å². The molecule has 1 heterocycles. The first kappa shape index (κ1) is 15.3. The van der Waals surface area contributed by atoms with Crippen molar-refractivity contribution in [1.82, 2.24) is 5.32 Å². The molecule has 0 amide bonds. The first-order valence-electron chi connectivity index (χ1n) is 7.59. The molecule has 1 aliphatic heterocycles. The molecule has 0 spiro atoms. The Kier molecular flexibility index (Phi) is 5.06. The van der Waals surface area contributed by atoms with Crippen molar-refractivity contribution < 1.29 is 9.47 Å². The van der Waals surface area contributed by atoms with Crippen LogP contribution in [0.3, 0.4) is 0 Å². The van der Waals surface area contributed by atoms with Crippen LogP contribution in [0.2, 0.25) is 0 Å². The van der Waals surface area contributed by atoms with Gasteiger partial charge in [0.25, 0.3) is 0 Å². The van der Waals surface area contributed by atoms with Gasteiger partial charge in [-0.05, 0) is 40.2 Å². The maximum atomic E-state index is 5.98. The molecule has 0 saturated carbocycles. The second kappa shape index (κ2) is 6.59. The zero-order valence-corrected chi connectivity index (χ0v) is 13.1. The molecule has 0 bridgehead atoms. The van der Waals surface area contributed by atoms with E-state index in [0.717, 1.165) is 25.3 Å². The molecule has 1 fully saturated rings. The fraction of sp³-hybridized carbons (Fsp3) is 0.647. The van der Waals surface area contributed by atoms with E-state index in [1.54, 1.807) is 0 Å². The summed E-state index contributed by atoms with van der Waals surface area (Å²) in [6.45, 7) is 11.1. The molecule has 2 atom stereocenters. The minimum absolute atomic E-state index is 0.145. The Morgan fingerprint density at radius 1 is 1.30 bits per heavy atom. The Morgan fingerprint density at radius 3 is 2.75 bits per heavy atom. The van der Waals surface area contributed by atoms with Gasteiger partial charge in [0.05, 0.1) is 12.7 Å². The topological polar surface area (TPSA) is 30.5 Å². The van der Waals surface area contributed by atoms with Crippen molar-refractivity contribution in [2.75, 3.05) is 19.8 Å². The molecule has 112 valence electrons. The molecular formula is C17H27NO2. The van der Waals surface area contributed by atoms with E-state index in [1.807, 2.05) is 19.1 Å². The van der Waals surface area contributed by atoms with Gasteiger partial charge in [0, 0.05) is 30.2 Å². The number of benzene rings is 1. The zero-order valence-electron chi connectivity index (χ0n) is 13.1. The summed E-state index contributed by atoms with van der Waals surface area (Å²) in [5, 5.41) is 3.59. The fourth-order valence-corrected chi connectivity index (χ4v) is 2.63. The van der Waals surface area contributed by atoms with E-state index in [2.05, 4.69) is 38.2 Å². The molecule has 1 N–H and O–H groups in total. The highest BCUT2D eigenvalue weighted by Gasteiger charge is 2.32. The van der Waals surface area contributed by atoms with Crippen molar-refractivity contribution in [2.45, 2.75) is 45.8 Å². The number of hydrogen-bond acceptors (Lipinski definition) is 3. The zero-order chi connectivity index (χ0) is 14.6. The lowest BCUT2D eigenvalue weighted by atomic mass is 9.93. The van der Waals surface area contributed by atoms with Crippen LogP contribution in [0.5, 0.6) is 5.75 Å². The fourth-order valence-electron chi connectivity index (χ4n) is 2.63. The van der Waals surface area contributed by atoms with E-state index in [0.29, 0.717) is 12.5 Å². The summed E-state index contributed by atoms with van der Waals surface area (Å²) in [5.41, 5.74) is 1.33. The summed E-state index contributed by atoms with van der Waals surface area (Å²) < 4.78 is 11.7. The second-order valence-corrected chi connectivity index (χ2v) is 6.44. The third kappa shape index (κ3) is 3.97. The van der Waals surface area contributed by atoms with Crippen LogP contribution < -0.4 is 10.1 Å². The average molecular weight is 277 g/mol. The van der Waals surface area contributed by atoms with Crippen LogP contribution in [0.1, 0.15) is 45.8 Å². The standard InChI is InChI=1S/C17H27NO2/c1-5-19-15-9-7-6-8-14(15)16-13(10-11-20-16)12-18-17(2,3)4/h6-9,13,16,18H,5,10-12H2,1-4H3. The second-order valence-electron chi connectivity index (χ2n) is 6.44. The third-order valence-corrected chi connectivity index (χ3v) is 3.63. The van der Waals surface area contributed by atoms with Gasteiger partial charge in [0.1, 0.15) is 5.75 Å². The molecule has 1 saturated heterocycles. The van der Waals surface area contributed by atoms with Crippen molar-refractivity contribution in [2.24, 2.45) is 5.92 Å². The number of ether oxygens (including phenoxy) is 2. The maximum absolute atomic E-state index is 5.98. The Labute approximate surface area is 122 Å². The van der Waals surface area contributed by atoms with Crippen molar-refractivity contribution in [3.05, 3.63) is 29.8 Å². The summed E-state index contributed by atoms with van der Waals surface area (Å²) in [6, 6.07) is 8.25. The predicted octanol–water partition coefficient (Wildman–Crippen LogP) is 3.55. The molecule has 3 nitrogen and oxygen atoms in total. The molecule has 20 heavy (non-hydrogen) atoms. The molecule has 0 aliphatic carbocycles. The summed E-state index contributed by atoms with van der Waals surface area (Å²) >= 11 is 0. The van der Waals surface area contributed by atoms with Gasteiger partial charge < -0.3 is 14.8 Å². The molecule has 3 heteroatoms. The first-order chi connectivity index (χ1) is 9.51. The van der Waals surface area contributed by atoms with E-state index >= 15 is 0 Å². The Bertz CT molecular complexity index is 425. The van der Waals surface area contributed by atoms with Crippen molar-refractivity contribution in [3.8, 4) is 5.75 Å². The van der Waals surface area contributed by atoms with Crippen molar-refractivity contribution in [1.29, 1.82) is 0 Å². The van der Waals surface area contributed by atoms with E-state index in [-0.39, 0.29) is 11.6 Å². The summed E-state index contributed by atoms with van der Waals surface area (Å²) in [4.78, 5) is 0. The highest BCUT2D eigenvalue weighted by atomic mass is 16.5. The number of rotatable bonds is 5. The summed E-state index contributed by atoms with van der Waals surface area (Å²) in [7, 11) is 0. The molecule has 0 radical (unpaired) electrons. The van der Waals surface area contributed by atoms with Gasteiger partial charge in [-0.25, -0.2) is 0 Å². The molecule has 1 aromatic rings. The van der Waals surface area contributed by atoms with Gasteiger partial charge in [-0.15, -0.1) is 0 Å². The van der Waals surface area contributed by atoms with Gasteiger partial charge in [0.15, 0.2) is 0 Å². The number of hydrogen-bond donors (Lipinski definition) is 1. The van der Waals surface area contributed by atoms with Gasteiger partial charge in [0.2, 0.25) is 0 Å². The van der Waals surface area contributed by atoms with Crippen LogP contribution in [-0.4, -0.2) is 25.3 Å². The van der Waals surface area contributed by atoms with Gasteiger partial charge in [-0.1, -0.05) is 18.2 Å². The summed E-state index contributed by atoms with van der Waals surface area (Å²) in [5.74, 6) is 1.47. The maximum Gasteiger partial charge on any atom is 0.125 e. The first-order valence-corrected chi connectivity index (χ1v) is 7.59. The monoisotopic (exact) mass is 277 g/mol. The molecule has 1 aromatic carbocycles. The SMILES string of the molecule is CCOc1ccccc1C1OCCC1CNC(C)(C)C. The van der Waals surface area contributed by atoms with Gasteiger partial charge in [-0.3, -0.25) is 0 Å². The molecular weight excluding hydrogens is 250 g/mol. The van der Waals surface area contributed by atoms with Crippen LogP contribution in [-0.2, 0) is 4.74 Å². The highest BCUT2D eigenvalue weighted by molar-refractivity contribution is 5.36. The van der Waals surface area contributed by atoms with E-state index < -0.39 is 0 Å². The quantitative estimate of drug-likeness (QED) is 0.893. The lowest BCUT2D eigenvalue weighted by Crippen LogP contribution is -2.39. The summed E-state index contributed by atoms with van der Waals surface area (Å²) in [6.07, 6.45) is 1.25. The van der Waals surface area contributed by atoms with Crippen molar-refractivity contribution >= 4 is 0 Å². The number of para-hydroxylation sites is 1. The van der Waals surface area contributed by atoms with Gasteiger partial charge >= 0.3 is 0 Å². The molecule has 1 aliphatic rings. The minimum atomic E-state index is 0.145. The molecule has 2 unspecified atom stereocenters. The highest BCUT2D eigenvalue weighted by Crippen LogP contribution is 2.38.